The first kappa shape index (κ1) is 37.4. The van der Waals surface area contributed by atoms with Gasteiger partial charge in [0.25, 0.3) is 0 Å². The molecule has 11 rings (SSSR count). The maximum atomic E-state index is 5.27. The Morgan fingerprint density at radius 3 is 1.37 bits per heavy atom. The van der Waals surface area contributed by atoms with E-state index in [9.17, 15) is 0 Å². The van der Waals surface area contributed by atoms with E-state index in [1.54, 1.807) is 0 Å². The van der Waals surface area contributed by atoms with Gasteiger partial charge in [0.1, 0.15) is 11.6 Å². The number of nitrogens with zero attached hydrogens (tertiary/aromatic N) is 9. The molecule has 9 heteroatoms. The molecule has 4 heterocycles. The van der Waals surface area contributed by atoms with Crippen molar-refractivity contribution >= 4 is 21.8 Å². The molecule has 298 valence electrons. The minimum Gasteiger partial charge on any atom is -0.309 e. The van der Waals surface area contributed by atoms with Crippen molar-refractivity contribution in [1.82, 2.24) is 44.4 Å². The molecule has 0 aliphatic heterocycles. The van der Waals surface area contributed by atoms with Crippen LogP contribution in [0.25, 0.3) is 107 Å². The lowest BCUT2D eigenvalue weighted by Crippen LogP contribution is -2.04. The van der Waals surface area contributed by atoms with Crippen LogP contribution in [0, 0.1) is 13.8 Å². The summed E-state index contributed by atoms with van der Waals surface area (Å²) in [6.07, 6.45) is 0. The summed E-state index contributed by atoms with van der Waals surface area (Å²) in [6.45, 7) is 3.79. The van der Waals surface area contributed by atoms with Gasteiger partial charge in [-0.1, -0.05) is 146 Å². The lowest BCUT2D eigenvalue weighted by atomic mass is 10.0. The molecule has 0 N–H and O–H groups in total. The summed E-state index contributed by atoms with van der Waals surface area (Å²) in [4.78, 5) is 39.7. The number of aryl methyl sites for hydroxylation is 2. The van der Waals surface area contributed by atoms with Crippen LogP contribution in [0.3, 0.4) is 0 Å². The fourth-order valence-electron chi connectivity index (χ4n) is 8.18. The molecule has 4 aromatic heterocycles. The molecule has 7 aromatic carbocycles. The normalized spacial score (nSPS) is 11.3. The average Bonchev–Trinajstić information content (AvgIpc) is 3.68. The van der Waals surface area contributed by atoms with Gasteiger partial charge < -0.3 is 4.57 Å². The van der Waals surface area contributed by atoms with E-state index < -0.39 is 0 Å². The van der Waals surface area contributed by atoms with Gasteiger partial charge in [-0.05, 0) is 56.3 Å². The second-order valence-corrected chi connectivity index (χ2v) is 15.3. The molecule has 0 unspecified atom stereocenters. The molecule has 0 saturated carbocycles. The fourth-order valence-corrected chi connectivity index (χ4v) is 8.18. The van der Waals surface area contributed by atoms with Gasteiger partial charge in [-0.15, -0.1) is 0 Å². The van der Waals surface area contributed by atoms with Gasteiger partial charge in [0.05, 0.1) is 28.1 Å². The quantitative estimate of drug-likeness (QED) is 0.149. The van der Waals surface area contributed by atoms with Crippen molar-refractivity contribution in [3.05, 3.63) is 200 Å². The van der Waals surface area contributed by atoms with E-state index in [1.807, 2.05) is 123 Å². The third-order valence-electron chi connectivity index (χ3n) is 11.1. The molecule has 0 amide bonds. The van der Waals surface area contributed by atoms with Gasteiger partial charge in [0.2, 0.25) is 0 Å². The van der Waals surface area contributed by atoms with E-state index in [0.717, 1.165) is 77.8 Å². The number of hydrogen-bond acceptors (Lipinski definition) is 8. The molecule has 0 saturated heterocycles. The molecular weight excluding hydrogens is 775 g/mol. The minimum absolute atomic E-state index is 0.527. The molecule has 63 heavy (non-hydrogen) atoms. The number of fused-ring (bicyclic) bond motifs is 3. The number of rotatable bonds is 8. The molecular formula is C54H37N9. The van der Waals surface area contributed by atoms with Crippen LogP contribution >= 0.6 is 0 Å². The molecule has 9 nitrogen and oxygen atoms in total. The summed E-state index contributed by atoms with van der Waals surface area (Å²) >= 11 is 0. The molecule has 0 aliphatic carbocycles. The minimum atomic E-state index is 0.527. The Labute approximate surface area is 363 Å². The van der Waals surface area contributed by atoms with Crippen LogP contribution in [0.4, 0.5) is 0 Å². The van der Waals surface area contributed by atoms with Gasteiger partial charge >= 0.3 is 0 Å². The summed E-state index contributed by atoms with van der Waals surface area (Å²) < 4.78 is 2.30. The van der Waals surface area contributed by atoms with Crippen LogP contribution in [-0.2, 0) is 0 Å². The summed E-state index contributed by atoms with van der Waals surface area (Å²) in [5, 5.41) is 2.16. The topological polar surface area (TPSA) is 108 Å². The van der Waals surface area contributed by atoms with Crippen molar-refractivity contribution in [3.63, 3.8) is 0 Å². The second kappa shape index (κ2) is 15.8. The lowest BCUT2D eigenvalue weighted by Gasteiger charge is -2.17. The Hall–Kier alpha value is -8.56. The highest BCUT2D eigenvalue weighted by molar-refractivity contribution is 6.11. The Morgan fingerprint density at radius 1 is 0.302 bits per heavy atom. The molecule has 0 atom stereocenters. The van der Waals surface area contributed by atoms with Crippen LogP contribution in [0.1, 0.15) is 11.6 Å². The maximum absolute atomic E-state index is 5.27. The predicted octanol–water partition coefficient (Wildman–Crippen LogP) is 12.2. The Balaban J connectivity index is 1.19. The van der Waals surface area contributed by atoms with Gasteiger partial charge in [-0.25, -0.2) is 39.9 Å². The molecule has 11 aromatic rings. The number of para-hydroxylation sites is 1. The molecule has 0 radical (unpaired) electrons. The second-order valence-electron chi connectivity index (χ2n) is 15.3. The predicted molar refractivity (Wildman–Crippen MR) is 251 cm³/mol. The van der Waals surface area contributed by atoms with Crippen molar-refractivity contribution in [3.8, 4) is 85.1 Å². The maximum Gasteiger partial charge on any atom is 0.166 e. The zero-order valence-electron chi connectivity index (χ0n) is 34.4. The average molecular weight is 812 g/mol. The van der Waals surface area contributed by atoms with Crippen molar-refractivity contribution < 1.29 is 0 Å². The highest BCUT2D eigenvalue weighted by Crippen LogP contribution is 2.40. The summed E-state index contributed by atoms with van der Waals surface area (Å²) in [5.74, 6) is 4.32. The summed E-state index contributed by atoms with van der Waals surface area (Å²) in [5.41, 5.74) is 10.8. The zero-order chi connectivity index (χ0) is 42.3. The summed E-state index contributed by atoms with van der Waals surface area (Å²) in [6, 6.07) is 63.9. The third kappa shape index (κ3) is 7.17. The van der Waals surface area contributed by atoms with Gasteiger partial charge in [0, 0.05) is 49.7 Å². The smallest absolute Gasteiger partial charge is 0.166 e. The van der Waals surface area contributed by atoms with Crippen LogP contribution in [0.5, 0.6) is 0 Å². The van der Waals surface area contributed by atoms with Crippen LogP contribution in [-0.4, -0.2) is 44.4 Å². The van der Waals surface area contributed by atoms with Crippen LogP contribution in [0.2, 0.25) is 0 Å². The van der Waals surface area contributed by atoms with E-state index in [-0.39, 0.29) is 0 Å². The van der Waals surface area contributed by atoms with E-state index in [4.69, 9.17) is 34.9 Å². The van der Waals surface area contributed by atoms with Crippen LogP contribution < -0.4 is 0 Å². The van der Waals surface area contributed by atoms with Gasteiger partial charge in [-0.2, -0.15) is 0 Å². The van der Waals surface area contributed by atoms with Crippen molar-refractivity contribution in [2.45, 2.75) is 13.8 Å². The van der Waals surface area contributed by atoms with E-state index in [2.05, 4.69) is 88.4 Å². The van der Waals surface area contributed by atoms with Gasteiger partial charge in [0.15, 0.2) is 29.1 Å². The third-order valence-corrected chi connectivity index (χ3v) is 11.1. The monoisotopic (exact) mass is 811 g/mol. The number of benzene rings is 7. The van der Waals surface area contributed by atoms with Crippen molar-refractivity contribution in [1.29, 1.82) is 0 Å². The van der Waals surface area contributed by atoms with Crippen LogP contribution in [0.15, 0.2) is 188 Å². The first-order chi connectivity index (χ1) is 31.0. The SMILES string of the molecule is Cc1nc(C)nc(-c2ccc3c(c2)c2ccccc2n3-c2ccc(-c3cc(-c4ccccc4)nc(-c4ccccc4)n3)cc2-c2nc(-c3ccccc3)nc(-c3ccccc3)n2)n1. The zero-order valence-corrected chi connectivity index (χ0v) is 34.4. The van der Waals surface area contributed by atoms with E-state index in [1.165, 1.54) is 0 Å². The fraction of sp³-hybridized carbons (Fsp3) is 0.0370. The highest BCUT2D eigenvalue weighted by atomic mass is 15.1. The Bertz CT molecular complexity index is 3330. The lowest BCUT2D eigenvalue weighted by molar-refractivity contribution is 0.929. The molecule has 0 bridgehead atoms. The number of hydrogen-bond donors (Lipinski definition) is 0. The van der Waals surface area contributed by atoms with E-state index in [0.29, 0.717) is 40.8 Å². The Kier molecular flexibility index (Phi) is 9.39. The van der Waals surface area contributed by atoms with Crippen molar-refractivity contribution in [2.24, 2.45) is 0 Å². The first-order valence-corrected chi connectivity index (χ1v) is 20.8. The molecule has 0 aliphatic rings. The molecule has 0 spiro atoms. The largest absolute Gasteiger partial charge is 0.309 e. The summed E-state index contributed by atoms with van der Waals surface area (Å²) in [7, 11) is 0. The van der Waals surface area contributed by atoms with Gasteiger partial charge in [-0.3, -0.25) is 0 Å². The first-order valence-electron chi connectivity index (χ1n) is 20.8. The Morgan fingerprint density at radius 2 is 0.762 bits per heavy atom. The standard InChI is InChI=1S/C54H37N9/c1-34-55-35(2)57-53(56-34)41-28-30-48-43(32-41)42-25-15-16-26-47(42)63(48)49-29-27-40(46-33-45(36-17-7-3-8-18-36)58-50(59-46)37-19-9-4-10-20-37)31-44(49)54-61-51(38-21-11-5-12-22-38)60-52(62-54)39-23-13-6-14-24-39/h3-33H,1-2H3. The van der Waals surface area contributed by atoms with Crippen molar-refractivity contribution in [2.75, 3.05) is 0 Å². The number of aromatic nitrogens is 9. The molecule has 0 fully saturated rings. The van der Waals surface area contributed by atoms with E-state index >= 15 is 0 Å². The highest BCUT2D eigenvalue weighted by Gasteiger charge is 2.22.